The molecule has 0 aliphatic carbocycles. The van der Waals surface area contributed by atoms with Gasteiger partial charge >= 0.3 is 0 Å². The summed E-state index contributed by atoms with van der Waals surface area (Å²) in [6, 6.07) is 0.572. The fourth-order valence-electron chi connectivity index (χ4n) is 4.03. The van der Waals surface area contributed by atoms with Gasteiger partial charge in [0.1, 0.15) is 0 Å². The number of aliphatic imine (C=N–C) groups is 1. The summed E-state index contributed by atoms with van der Waals surface area (Å²) in [7, 11) is 1.83. The van der Waals surface area contributed by atoms with Crippen LogP contribution < -0.4 is 10.6 Å². The van der Waals surface area contributed by atoms with E-state index < -0.39 is 0 Å². The first-order valence-electron chi connectivity index (χ1n) is 9.96. The van der Waals surface area contributed by atoms with Gasteiger partial charge in [-0.05, 0) is 51.1 Å². The van der Waals surface area contributed by atoms with Gasteiger partial charge in [-0.3, -0.25) is 9.89 Å². The van der Waals surface area contributed by atoms with Gasteiger partial charge in [0.25, 0.3) is 0 Å². The molecule has 25 heavy (non-hydrogen) atoms. The van der Waals surface area contributed by atoms with Crippen LogP contribution in [-0.4, -0.2) is 75.1 Å². The SMILES string of the molecule is CN=C(NCC(CC(C)C)N1CCCC1)NCC1(CCO)CCOC1. The molecule has 2 saturated heterocycles. The van der Waals surface area contributed by atoms with Gasteiger partial charge in [0, 0.05) is 44.8 Å². The van der Waals surface area contributed by atoms with Crippen LogP contribution in [0.2, 0.25) is 0 Å². The van der Waals surface area contributed by atoms with Crippen molar-refractivity contribution in [2.45, 2.75) is 52.0 Å². The molecule has 6 nitrogen and oxygen atoms in total. The van der Waals surface area contributed by atoms with E-state index in [1.807, 2.05) is 7.05 Å². The molecule has 0 amide bonds. The normalized spacial score (nSPS) is 26.4. The molecule has 2 heterocycles. The molecule has 0 spiro atoms. The topological polar surface area (TPSA) is 69.1 Å². The molecule has 146 valence electrons. The first-order chi connectivity index (χ1) is 12.1. The predicted octanol–water partition coefficient (Wildman–Crippen LogP) is 1.45. The molecule has 0 aromatic heterocycles. The van der Waals surface area contributed by atoms with E-state index in [0.29, 0.717) is 12.0 Å². The van der Waals surface area contributed by atoms with Crippen LogP contribution in [-0.2, 0) is 4.74 Å². The lowest BCUT2D eigenvalue weighted by Gasteiger charge is -2.31. The number of aliphatic hydroxyl groups excluding tert-OH is 1. The number of likely N-dealkylation sites (tertiary alicyclic amines) is 1. The zero-order valence-electron chi connectivity index (χ0n) is 16.4. The molecule has 0 aromatic rings. The molecule has 0 bridgehead atoms. The lowest BCUT2D eigenvalue weighted by molar-refractivity contribution is 0.127. The van der Waals surface area contributed by atoms with Crippen LogP contribution in [0.1, 0.15) is 46.0 Å². The highest BCUT2D eigenvalue weighted by Crippen LogP contribution is 2.31. The maximum absolute atomic E-state index is 9.36. The van der Waals surface area contributed by atoms with Crippen molar-refractivity contribution in [1.82, 2.24) is 15.5 Å². The minimum Gasteiger partial charge on any atom is -0.396 e. The summed E-state index contributed by atoms with van der Waals surface area (Å²) in [5.74, 6) is 1.56. The quantitative estimate of drug-likeness (QED) is 0.432. The summed E-state index contributed by atoms with van der Waals surface area (Å²) in [4.78, 5) is 7.01. The minimum absolute atomic E-state index is 0.0403. The fraction of sp³-hybridized carbons (Fsp3) is 0.947. The summed E-state index contributed by atoms with van der Waals surface area (Å²) >= 11 is 0. The van der Waals surface area contributed by atoms with Crippen LogP contribution >= 0.6 is 0 Å². The summed E-state index contributed by atoms with van der Waals surface area (Å²) in [5.41, 5.74) is 0.0403. The van der Waals surface area contributed by atoms with Crippen molar-refractivity contribution in [1.29, 1.82) is 0 Å². The molecule has 0 aromatic carbocycles. The summed E-state index contributed by atoms with van der Waals surface area (Å²) in [5, 5.41) is 16.4. The number of rotatable bonds is 9. The van der Waals surface area contributed by atoms with Crippen LogP contribution in [0.15, 0.2) is 4.99 Å². The number of guanidine groups is 1. The summed E-state index contributed by atoms with van der Waals surface area (Å²) in [6.45, 7) is 10.5. The van der Waals surface area contributed by atoms with Gasteiger partial charge in [-0.2, -0.15) is 0 Å². The van der Waals surface area contributed by atoms with Crippen molar-refractivity contribution in [3.63, 3.8) is 0 Å². The highest BCUT2D eigenvalue weighted by atomic mass is 16.5. The van der Waals surface area contributed by atoms with Crippen LogP contribution in [0.5, 0.6) is 0 Å². The molecular weight excluding hydrogens is 316 g/mol. The van der Waals surface area contributed by atoms with E-state index in [1.54, 1.807) is 0 Å². The molecule has 3 N–H and O–H groups in total. The van der Waals surface area contributed by atoms with Gasteiger partial charge in [-0.1, -0.05) is 13.8 Å². The maximum atomic E-state index is 9.36. The van der Waals surface area contributed by atoms with Gasteiger partial charge in [0.2, 0.25) is 0 Å². The molecule has 2 aliphatic rings. The highest BCUT2D eigenvalue weighted by Gasteiger charge is 2.34. The average molecular weight is 355 g/mol. The van der Waals surface area contributed by atoms with Crippen LogP contribution in [0.25, 0.3) is 0 Å². The average Bonchev–Trinajstić information content (AvgIpc) is 3.26. The molecule has 0 radical (unpaired) electrons. The Balaban J connectivity index is 1.83. The Morgan fingerprint density at radius 1 is 1.28 bits per heavy atom. The van der Waals surface area contributed by atoms with Gasteiger partial charge < -0.3 is 20.5 Å². The monoisotopic (exact) mass is 354 g/mol. The van der Waals surface area contributed by atoms with Crippen LogP contribution in [0.3, 0.4) is 0 Å². The molecule has 0 saturated carbocycles. The summed E-state index contributed by atoms with van der Waals surface area (Å²) in [6.07, 6.45) is 5.64. The summed E-state index contributed by atoms with van der Waals surface area (Å²) < 4.78 is 5.57. The Hall–Kier alpha value is -0.850. The van der Waals surface area contributed by atoms with E-state index in [0.717, 1.165) is 45.1 Å². The molecule has 6 heteroatoms. The minimum atomic E-state index is 0.0403. The van der Waals surface area contributed by atoms with Crippen molar-refractivity contribution >= 4 is 5.96 Å². The Bertz CT molecular complexity index is 402. The van der Waals surface area contributed by atoms with Crippen molar-refractivity contribution < 1.29 is 9.84 Å². The zero-order chi connectivity index (χ0) is 18.1. The van der Waals surface area contributed by atoms with E-state index in [4.69, 9.17) is 4.74 Å². The maximum Gasteiger partial charge on any atom is 0.191 e. The first-order valence-corrected chi connectivity index (χ1v) is 9.96. The number of aliphatic hydroxyl groups is 1. The molecule has 2 unspecified atom stereocenters. The van der Waals surface area contributed by atoms with E-state index in [9.17, 15) is 5.11 Å². The lowest BCUT2D eigenvalue weighted by Crippen LogP contribution is -2.49. The molecule has 2 aliphatic heterocycles. The van der Waals surface area contributed by atoms with Crippen molar-refractivity contribution in [2.24, 2.45) is 16.3 Å². The van der Waals surface area contributed by atoms with E-state index in [2.05, 4.69) is 34.4 Å². The Labute approximate surface area is 153 Å². The largest absolute Gasteiger partial charge is 0.396 e. The van der Waals surface area contributed by atoms with Gasteiger partial charge in [0.15, 0.2) is 5.96 Å². The third-order valence-corrected chi connectivity index (χ3v) is 5.59. The molecule has 2 rings (SSSR count). The number of hydrogen-bond donors (Lipinski definition) is 3. The fourth-order valence-corrected chi connectivity index (χ4v) is 4.03. The molecular formula is C19H38N4O2. The van der Waals surface area contributed by atoms with Crippen molar-refractivity contribution in [3.05, 3.63) is 0 Å². The Morgan fingerprint density at radius 3 is 2.60 bits per heavy atom. The second kappa shape index (κ2) is 10.3. The van der Waals surface area contributed by atoms with Gasteiger partial charge in [-0.15, -0.1) is 0 Å². The standard InChI is InChI=1S/C19H38N4O2/c1-16(2)12-17(23-8-4-5-9-23)13-21-18(20-3)22-14-19(6-10-24)7-11-25-15-19/h16-17,24H,4-15H2,1-3H3,(H2,20,21,22). The number of nitrogens with one attached hydrogen (secondary N) is 2. The highest BCUT2D eigenvalue weighted by molar-refractivity contribution is 5.79. The predicted molar refractivity (Wildman–Crippen MR) is 103 cm³/mol. The van der Waals surface area contributed by atoms with Crippen molar-refractivity contribution in [3.8, 4) is 0 Å². The smallest absolute Gasteiger partial charge is 0.191 e. The second-order valence-corrected chi connectivity index (χ2v) is 8.11. The van der Waals surface area contributed by atoms with Crippen molar-refractivity contribution in [2.75, 3.05) is 53.0 Å². The van der Waals surface area contributed by atoms with E-state index in [1.165, 1.54) is 32.4 Å². The third-order valence-electron chi connectivity index (χ3n) is 5.59. The Morgan fingerprint density at radius 2 is 2.04 bits per heavy atom. The number of nitrogens with zero attached hydrogens (tertiary/aromatic N) is 2. The Kier molecular flexibility index (Phi) is 8.46. The van der Waals surface area contributed by atoms with E-state index in [-0.39, 0.29) is 12.0 Å². The second-order valence-electron chi connectivity index (χ2n) is 8.11. The lowest BCUT2D eigenvalue weighted by atomic mass is 9.84. The van der Waals surface area contributed by atoms with Crippen LogP contribution in [0, 0.1) is 11.3 Å². The molecule has 2 fully saturated rings. The number of ether oxygens (including phenoxy) is 1. The third kappa shape index (κ3) is 6.42. The zero-order valence-corrected chi connectivity index (χ0v) is 16.4. The van der Waals surface area contributed by atoms with E-state index >= 15 is 0 Å². The van der Waals surface area contributed by atoms with Gasteiger partial charge in [-0.25, -0.2) is 0 Å². The first kappa shape index (κ1) is 20.5. The molecule has 2 atom stereocenters. The van der Waals surface area contributed by atoms with Crippen LogP contribution in [0.4, 0.5) is 0 Å². The number of hydrogen-bond acceptors (Lipinski definition) is 4. The van der Waals surface area contributed by atoms with Gasteiger partial charge in [0.05, 0.1) is 6.61 Å².